The number of nitrogens with zero attached hydrogens (tertiary/aromatic N) is 1. The highest BCUT2D eigenvalue weighted by Gasteiger charge is 2.58. The average molecular weight is 477 g/mol. The molecule has 1 aromatic rings. The third-order valence-corrected chi connectivity index (χ3v) is 7.46. The Morgan fingerprint density at radius 2 is 1.83 bits per heavy atom. The third kappa shape index (κ3) is 3.18. The average Bonchev–Trinajstić information content (AvgIpc) is 3.11. The van der Waals surface area contributed by atoms with Gasteiger partial charge in [-0.1, -0.05) is 17.7 Å². The molecule has 3 amide bonds. The maximum Gasteiger partial charge on any atom is 0.423 e. The fraction of sp³-hybridized carbons (Fsp3) is 0.346. The smallest absolute Gasteiger partial charge is 0.423 e. The van der Waals surface area contributed by atoms with Crippen molar-refractivity contribution >= 4 is 29.5 Å². The molecule has 0 bridgehead atoms. The van der Waals surface area contributed by atoms with Crippen LogP contribution < -0.4 is 4.74 Å². The van der Waals surface area contributed by atoms with Crippen LogP contribution in [0.1, 0.15) is 31.2 Å². The topological polar surface area (TPSA) is 127 Å². The minimum absolute atomic E-state index is 0.0809. The number of amides is 3. The summed E-state index contributed by atoms with van der Waals surface area (Å²) in [6.07, 6.45) is 2.45. The van der Waals surface area contributed by atoms with Crippen molar-refractivity contribution in [3.8, 4) is 11.5 Å². The molecule has 180 valence electrons. The van der Waals surface area contributed by atoms with Gasteiger partial charge in [0.25, 0.3) is 0 Å². The van der Waals surface area contributed by atoms with E-state index < -0.39 is 41.6 Å². The first-order valence-electron chi connectivity index (χ1n) is 11.2. The second-order valence-electron chi connectivity index (χ2n) is 9.14. The summed E-state index contributed by atoms with van der Waals surface area (Å²) in [6.45, 7) is 1.57. The van der Waals surface area contributed by atoms with E-state index in [2.05, 4.69) is 4.74 Å². The van der Waals surface area contributed by atoms with E-state index in [1.165, 1.54) is 19.3 Å². The van der Waals surface area contributed by atoms with E-state index in [0.717, 1.165) is 12.7 Å². The van der Waals surface area contributed by atoms with E-state index in [1.807, 2.05) is 6.08 Å². The number of aromatic hydroxyl groups is 1. The monoisotopic (exact) mass is 477 g/mol. The molecule has 0 spiro atoms. The van der Waals surface area contributed by atoms with Gasteiger partial charge < -0.3 is 14.6 Å². The molecule has 9 nitrogen and oxygen atoms in total. The highest BCUT2D eigenvalue weighted by molar-refractivity contribution is 6.24. The molecule has 1 saturated heterocycles. The number of methoxy groups -OCH3 is 2. The number of Topliss-reactive ketones (excluding diaryl/α,β-unsaturated/α-hetero) is 1. The normalized spacial score (nSPS) is 27.7. The molecule has 0 aromatic heterocycles. The predicted octanol–water partition coefficient (Wildman–Crippen LogP) is 2.60. The number of ether oxygens (including phenoxy) is 2. The zero-order valence-electron chi connectivity index (χ0n) is 19.4. The number of hydrogen-bond acceptors (Lipinski definition) is 8. The van der Waals surface area contributed by atoms with Gasteiger partial charge in [-0.05, 0) is 49.5 Å². The van der Waals surface area contributed by atoms with Crippen LogP contribution >= 0.6 is 0 Å². The molecule has 35 heavy (non-hydrogen) atoms. The van der Waals surface area contributed by atoms with Crippen LogP contribution in [0, 0.1) is 17.8 Å². The number of allylic oxidation sites excluding steroid dienone is 6. The van der Waals surface area contributed by atoms with Crippen LogP contribution in [0.3, 0.4) is 0 Å². The van der Waals surface area contributed by atoms with Crippen LogP contribution in [0.25, 0.3) is 0 Å². The highest BCUT2D eigenvalue weighted by Crippen LogP contribution is 2.55. The van der Waals surface area contributed by atoms with E-state index >= 15 is 0 Å². The van der Waals surface area contributed by atoms with Crippen molar-refractivity contribution in [3.63, 3.8) is 0 Å². The quantitative estimate of drug-likeness (QED) is 0.391. The van der Waals surface area contributed by atoms with E-state index in [-0.39, 0.29) is 35.9 Å². The zero-order chi connectivity index (χ0) is 25.2. The summed E-state index contributed by atoms with van der Waals surface area (Å²) in [6, 6.07) is 4.70. The van der Waals surface area contributed by atoms with Crippen molar-refractivity contribution in [2.75, 3.05) is 14.2 Å². The van der Waals surface area contributed by atoms with Gasteiger partial charge in [-0.25, -0.2) is 4.79 Å². The van der Waals surface area contributed by atoms with Crippen LogP contribution in [0.5, 0.6) is 11.5 Å². The third-order valence-electron chi connectivity index (χ3n) is 7.46. The molecule has 1 aliphatic heterocycles. The Bertz CT molecular complexity index is 1320. The predicted molar refractivity (Wildman–Crippen MR) is 120 cm³/mol. The maximum absolute atomic E-state index is 13.3. The number of phenols is 1. The van der Waals surface area contributed by atoms with Gasteiger partial charge in [-0.3, -0.25) is 19.2 Å². The van der Waals surface area contributed by atoms with Crippen LogP contribution in [-0.2, 0) is 23.9 Å². The lowest BCUT2D eigenvalue weighted by atomic mass is 9.59. The number of carbonyl (C=O) groups excluding carboxylic acids is 5. The Morgan fingerprint density at radius 1 is 1.09 bits per heavy atom. The second kappa shape index (κ2) is 8.04. The molecular formula is C26H23NO8. The lowest BCUT2D eigenvalue weighted by Crippen LogP contribution is -2.40. The largest absolute Gasteiger partial charge is 0.504 e. The molecule has 4 aliphatic rings. The van der Waals surface area contributed by atoms with Gasteiger partial charge in [0.15, 0.2) is 23.1 Å². The molecule has 0 saturated carbocycles. The number of imide groups is 3. The number of hydrogen-bond donors (Lipinski definition) is 1. The maximum atomic E-state index is 13.3. The van der Waals surface area contributed by atoms with Crippen molar-refractivity contribution in [3.05, 3.63) is 58.2 Å². The first-order valence-corrected chi connectivity index (χ1v) is 11.2. The van der Waals surface area contributed by atoms with E-state index in [0.29, 0.717) is 27.2 Å². The summed E-state index contributed by atoms with van der Waals surface area (Å²) in [7, 11) is 2.51. The van der Waals surface area contributed by atoms with Gasteiger partial charge in [0.05, 0.1) is 26.1 Å². The number of carbonyl (C=O) groups is 5. The van der Waals surface area contributed by atoms with E-state index in [4.69, 9.17) is 4.74 Å². The highest BCUT2D eigenvalue weighted by atomic mass is 16.5. The van der Waals surface area contributed by atoms with Crippen LogP contribution in [0.4, 0.5) is 4.79 Å². The van der Waals surface area contributed by atoms with Crippen LogP contribution in [0.2, 0.25) is 0 Å². The van der Waals surface area contributed by atoms with E-state index in [1.54, 1.807) is 19.1 Å². The van der Waals surface area contributed by atoms with Crippen molar-refractivity contribution in [2.45, 2.75) is 25.7 Å². The van der Waals surface area contributed by atoms with Crippen molar-refractivity contribution in [2.24, 2.45) is 17.8 Å². The summed E-state index contributed by atoms with van der Waals surface area (Å²) in [5.74, 6) is -4.57. The van der Waals surface area contributed by atoms with Gasteiger partial charge in [-0.15, -0.1) is 0 Å². The number of rotatable bonds is 2. The summed E-state index contributed by atoms with van der Waals surface area (Å²) in [5.41, 5.74) is 2.29. The number of ketones is 2. The Kier molecular flexibility index (Phi) is 5.23. The molecular weight excluding hydrogens is 454 g/mol. The number of fused-ring (bicyclic) bond motifs is 3. The molecule has 1 N–H and O–H groups in total. The van der Waals surface area contributed by atoms with Crippen molar-refractivity contribution in [1.29, 1.82) is 0 Å². The van der Waals surface area contributed by atoms with Crippen molar-refractivity contribution < 1.29 is 38.6 Å². The molecule has 9 heteroatoms. The van der Waals surface area contributed by atoms with Gasteiger partial charge in [0.1, 0.15) is 0 Å². The van der Waals surface area contributed by atoms with Crippen molar-refractivity contribution in [1.82, 2.24) is 4.90 Å². The van der Waals surface area contributed by atoms with Gasteiger partial charge in [-0.2, -0.15) is 4.90 Å². The minimum Gasteiger partial charge on any atom is -0.504 e. The summed E-state index contributed by atoms with van der Waals surface area (Å²) in [5, 5.41) is 10.1. The number of benzene rings is 1. The van der Waals surface area contributed by atoms with Gasteiger partial charge in [0, 0.05) is 22.6 Å². The first-order chi connectivity index (χ1) is 16.7. The van der Waals surface area contributed by atoms with Gasteiger partial charge in [0.2, 0.25) is 11.8 Å². The Balaban J connectivity index is 1.69. The fourth-order valence-corrected chi connectivity index (χ4v) is 5.91. The molecule has 5 rings (SSSR count). The fourth-order valence-electron chi connectivity index (χ4n) is 5.91. The molecule has 0 radical (unpaired) electrons. The molecule has 0 unspecified atom stereocenters. The summed E-state index contributed by atoms with van der Waals surface area (Å²) in [4.78, 5) is 65.4. The SMILES string of the molecule is COC(=O)N1C(=O)[C@H]2[C@H](CC=C3[C@H](c4ccc(O)c(OC)c4)C4=C(C[C@H]32)C(=O)C(C)=CC4=O)C1=O. The standard InChI is InChI=1S/C26H23NO8/c1-11-8-18(29)22-16(23(11)30)10-15-13(20(22)12-4-7-17(28)19(9-12)34-2)5-6-14-21(15)25(32)27(24(14)31)26(33)35-3/h4-5,7-9,14-15,20-21,28H,6,10H2,1-3H3/t14-,15+,20-,21-/m0/s1. The molecule has 4 atom stereocenters. The molecule has 1 heterocycles. The summed E-state index contributed by atoms with van der Waals surface area (Å²) >= 11 is 0. The minimum atomic E-state index is -1.03. The lowest BCUT2D eigenvalue weighted by Gasteiger charge is -2.42. The van der Waals surface area contributed by atoms with Gasteiger partial charge >= 0.3 is 6.09 Å². The molecule has 3 aliphatic carbocycles. The first kappa shape index (κ1) is 22.8. The zero-order valence-corrected chi connectivity index (χ0v) is 19.4. The Labute approximate surface area is 200 Å². The second-order valence-corrected chi connectivity index (χ2v) is 9.14. The lowest BCUT2D eigenvalue weighted by molar-refractivity contribution is -0.137. The Morgan fingerprint density at radius 3 is 2.51 bits per heavy atom. The molecule has 1 aromatic carbocycles. The number of likely N-dealkylation sites (tertiary alicyclic amines) is 1. The number of phenolic OH excluding ortho intramolecular Hbond substituents is 1. The summed E-state index contributed by atoms with van der Waals surface area (Å²) < 4.78 is 9.91. The Hall–Kier alpha value is -4.01. The molecule has 1 fully saturated rings. The van der Waals surface area contributed by atoms with Crippen LogP contribution in [0.15, 0.2) is 52.6 Å². The van der Waals surface area contributed by atoms with Crippen LogP contribution in [-0.4, -0.2) is 53.7 Å². The van der Waals surface area contributed by atoms with E-state index in [9.17, 15) is 29.1 Å².